The topological polar surface area (TPSA) is 37.1 Å². The maximum absolute atomic E-state index is 4.17. The normalized spacial score (nSPS) is 13.1. The second kappa shape index (κ2) is 10.9. The average molecular weight is 380 g/mol. The van der Waals surface area contributed by atoms with Gasteiger partial charge in [0.1, 0.15) is 0 Å². The Kier molecular flexibility index (Phi) is 9.24. The van der Waals surface area contributed by atoms with E-state index in [1.54, 1.807) is 0 Å². The van der Waals surface area contributed by atoms with Crippen LogP contribution in [0.2, 0.25) is 0 Å². The van der Waals surface area contributed by atoms with Crippen molar-refractivity contribution in [1.82, 2.24) is 0 Å². The van der Waals surface area contributed by atoms with Gasteiger partial charge in [-0.15, -0.1) is 0 Å². The fourth-order valence-electron chi connectivity index (χ4n) is 1.98. The summed E-state index contributed by atoms with van der Waals surface area (Å²) in [5.74, 6) is 0. The highest BCUT2D eigenvalue weighted by Crippen LogP contribution is 2.25. The maximum Gasteiger partial charge on any atom is 0.0904 e. The monoisotopic (exact) mass is 379 g/mol. The number of azo groups is 1. The standard InChI is InChI=1S/C8H7N.C7H6N2.2C5H12/c1-2-4-8-7(3-1)5-6-9-8;1-2-4-7-6(3-1)5-8-9-7;2*1-5(2,3)4/h1-4,6H,5H2;1-4H,5H2;2*1-4H3. The molecule has 0 amide bonds. The Bertz CT molecular complexity index is 695. The molecular formula is C25H37N3. The number of hydrogen-bond acceptors (Lipinski definition) is 3. The van der Waals surface area contributed by atoms with Gasteiger partial charge in [-0.2, -0.15) is 10.2 Å². The zero-order valence-electron chi connectivity index (χ0n) is 19.0. The SMILES string of the molecule is C1=Nc2ccccc2C1.CC(C)(C)C.CC(C)(C)C.c1ccc2c(c1)CN=N2. The number of aliphatic imine (C=N–C) groups is 1. The molecule has 0 N–H and O–H groups in total. The van der Waals surface area contributed by atoms with E-state index in [-0.39, 0.29) is 0 Å². The third kappa shape index (κ3) is 12.2. The van der Waals surface area contributed by atoms with Crippen LogP contribution in [0.1, 0.15) is 66.5 Å². The Hall–Kier alpha value is -2.29. The van der Waals surface area contributed by atoms with Crippen LogP contribution in [0.15, 0.2) is 63.8 Å². The largest absolute Gasteiger partial charge is 0.261 e. The van der Waals surface area contributed by atoms with Crippen LogP contribution in [0, 0.1) is 10.8 Å². The second-order valence-corrected chi connectivity index (χ2v) is 10.2. The molecule has 2 aliphatic heterocycles. The third-order valence-electron chi connectivity index (χ3n) is 2.94. The van der Waals surface area contributed by atoms with E-state index in [0.717, 1.165) is 24.3 Å². The van der Waals surface area contributed by atoms with Crippen molar-refractivity contribution < 1.29 is 0 Å². The van der Waals surface area contributed by atoms with Crippen LogP contribution >= 0.6 is 0 Å². The van der Waals surface area contributed by atoms with Gasteiger partial charge in [0.25, 0.3) is 0 Å². The van der Waals surface area contributed by atoms with Crippen molar-refractivity contribution in [1.29, 1.82) is 0 Å². The van der Waals surface area contributed by atoms with Gasteiger partial charge in [-0.25, -0.2) is 0 Å². The summed E-state index contributed by atoms with van der Waals surface area (Å²) in [5.41, 5.74) is 5.74. The van der Waals surface area contributed by atoms with E-state index in [9.17, 15) is 0 Å². The summed E-state index contributed by atoms with van der Waals surface area (Å²) < 4.78 is 0. The highest BCUT2D eigenvalue weighted by Gasteiger charge is 2.03. The number of rotatable bonds is 0. The fraction of sp³-hybridized carbons (Fsp3) is 0.480. The molecule has 0 radical (unpaired) electrons. The summed E-state index contributed by atoms with van der Waals surface area (Å²) in [4.78, 5) is 4.17. The van der Waals surface area contributed by atoms with Gasteiger partial charge in [-0.1, -0.05) is 91.8 Å². The minimum absolute atomic E-state index is 0.500. The molecule has 3 heteroatoms. The molecule has 0 saturated carbocycles. The molecule has 0 fully saturated rings. The summed E-state index contributed by atoms with van der Waals surface area (Å²) in [6, 6.07) is 16.2. The van der Waals surface area contributed by atoms with Crippen molar-refractivity contribution in [2.24, 2.45) is 26.1 Å². The number of fused-ring (bicyclic) bond motifs is 2. The van der Waals surface area contributed by atoms with E-state index < -0.39 is 0 Å². The molecule has 2 aliphatic rings. The van der Waals surface area contributed by atoms with Gasteiger partial charge < -0.3 is 0 Å². The maximum atomic E-state index is 4.17. The van der Waals surface area contributed by atoms with Crippen LogP contribution < -0.4 is 0 Å². The average Bonchev–Trinajstić information content (AvgIpc) is 3.21. The first kappa shape index (κ1) is 23.7. The lowest BCUT2D eigenvalue weighted by molar-refractivity contribution is 0.469. The second-order valence-electron chi connectivity index (χ2n) is 10.2. The zero-order chi connectivity index (χ0) is 21.2. The Balaban J connectivity index is 0.000000196. The molecule has 2 heterocycles. The smallest absolute Gasteiger partial charge is 0.0904 e. The molecule has 3 nitrogen and oxygen atoms in total. The predicted molar refractivity (Wildman–Crippen MR) is 123 cm³/mol. The summed E-state index contributed by atoms with van der Waals surface area (Å²) in [6.07, 6.45) is 2.96. The van der Waals surface area contributed by atoms with Crippen LogP contribution in [-0.2, 0) is 13.0 Å². The summed E-state index contributed by atoms with van der Waals surface area (Å²) in [5, 5.41) is 7.80. The lowest BCUT2D eigenvalue weighted by Gasteiger charge is -2.05. The van der Waals surface area contributed by atoms with Gasteiger partial charge in [0, 0.05) is 18.2 Å². The first-order valence-corrected chi connectivity index (χ1v) is 9.99. The third-order valence-corrected chi connectivity index (χ3v) is 2.94. The van der Waals surface area contributed by atoms with Gasteiger partial charge in [0.05, 0.1) is 17.9 Å². The van der Waals surface area contributed by atoms with Gasteiger partial charge >= 0.3 is 0 Å². The summed E-state index contributed by atoms with van der Waals surface area (Å²) in [7, 11) is 0. The van der Waals surface area contributed by atoms with Crippen LogP contribution in [0.25, 0.3) is 0 Å². The molecular weight excluding hydrogens is 342 g/mol. The molecule has 0 aromatic heterocycles. The van der Waals surface area contributed by atoms with Crippen LogP contribution in [0.3, 0.4) is 0 Å². The van der Waals surface area contributed by atoms with Crippen molar-refractivity contribution in [2.75, 3.05) is 0 Å². The highest BCUT2D eigenvalue weighted by atomic mass is 15.1. The van der Waals surface area contributed by atoms with E-state index in [4.69, 9.17) is 0 Å². The summed E-state index contributed by atoms with van der Waals surface area (Å²) >= 11 is 0. The molecule has 0 aliphatic carbocycles. The molecule has 2 aromatic rings. The van der Waals surface area contributed by atoms with Gasteiger partial charge in [-0.05, 0) is 28.5 Å². The molecule has 0 spiro atoms. The predicted octanol–water partition coefficient (Wildman–Crippen LogP) is 8.33. The van der Waals surface area contributed by atoms with Gasteiger partial charge in [0.15, 0.2) is 0 Å². The van der Waals surface area contributed by atoms with Crippen molar-refractivity contribution >= 4 is 17.6 Å². The zero-order valence-corrected chi connectivity index (χ0v) is 19.0. The first-order chi connectivity index (χ1) is 12.9. The fourth-order valence-corrected chi connectivity index (χ4v) is 1.98. The molecule has 0 bridgehead atoms. The molecule has 152 valence electrons. The Morgan fingerprint density at radius 1 is 0.643 bits per heavy atom. The lowest BCUT2D eigenvalue weighted by Crippen LogP contribution is -1.93. The molecule has 28 heavy (non-hydrogen) atoms. The summed E-state index contributed by atoms with van der Waals surface area (Å²) in [6.45, 7) is 18.3. The minimum atomic E-state index is 0.500. The molecule has 0 saturated heterocycles. The Labute approximate surface area is 172 Å². The van der Waals surface area contributed by atoms with E-state index in [1.807, 2.05) is 42.6 Å². The number of benzene rings is 2. The van der Waals surface area contributed by atoms with E-state index in [2.05, 4.69) is 82.7 Å². The molecule has 4 rings (SSSR count). The lowest BCUT2D eigenvalue weighted by atomic mass is 10.0. The highest BCUT2D eigenvalue weighted by molar-refractivity contribution is 5.75. The Morgan fingerprint density at radius 3 is 1.61 bits per heavy atom. The number of nitrogens with zero attached hydrogens (tertiary/aromatic N) is 3. The molecule has 2 aromatic carbocycles. The van der Waals surface area contributed by atoms with Crippen LogP contribution in [0.5, 0.6) is 0 Å². The van der Waals surface area contributed by atoms with Crippen LogP contribution in [-0.4, -0.2) is 6.21 Å². The van der Waals surface area contributed by atoms with Gasteiger partial charge in [0.2, 0.25) is 0 Å². The van der Waals surface area contributed by atoms with Crippen LogP contribution in [0.4, 0.5) is 11.4 Å². The molecule has 0 unspecified atom stereocenters. The van der Waals surface area contributed by atoms with E-state index >= 15 is 0 Å². The van der Waals surface area contributed by atoms with Gasteiger partial charge in [-0.3, -0.25) is 4.99 Å². The first-order valence-electron chi connectivity index (χ1n) is 9.99. The number of hydrogen-bond donors (Lipinski definition) is 0. The minimum Gasteiger partial charge on any atom is -0.261 e. The quantitative estimate of drug-likeness (QED) is 0.441. The van der Waals surface area contributed by atoms with Crippen molar-refractivity contribution in [3.63, 3.8) is 0 Å². The van der Waals surface area contributed by atoms with Crippen molar-refractivity contribution in [3.05, 3.63) is 59.7 Å². The van der Waals surface area contributed by atoms with Crippen molar-refractivity contribution in [2.45, 2.75) is 68.4 Å². The molecule has 0 atom stereocenters. The van der Waals surface area contributed by atoms with E-state index in [0.29, 0.717) is 10.8 Å². The van der Waals surface area contributed by atoms with E-state index in [1.165, 1.54) is 11.1 Å². The number of para-hydroxylation sites is 1. The Morgan fingerprint density at radius 2 is 1.11 bits per heavy atom. The van der Waals surface area contributed by atoms with Crippen molar-refractivity contribution in [3.8, 4) is 0 Å².